The van der Waals surface area contributed by atoms with E-state index < -0.39 is 0 Å². The lowest BCUT2D eigenvalue weighted by molar-refractivity contribution is 0.0886. The summed E-state index contributed by atoms with van der Waals surface area (Å²) < 4.78 is 5.61. The lowest BCUT2D eigenvalue weighted by atomic mass is 10.1. The van der Waals surface area contributed by atoms with Crippen LogP contribution in [0.1, 0.15) is 18.6 Å². The van der Waals surface area contributed by atoms with Crippen LogP contribution in [0, 0.1) is 0 Å². The molecule has 0 bridgehead atoms. The second-order valence-electron chi connectivity index (χ2n) is 3.04. The van der Waals surface area contributed by atoms with Crippen molar-refractivity contribution >= 4 is 12.6 Å². The largest absolute Gasteiger partial charge is 0.370 e. The van der Waals surface area contributed by atoms with Crippen molar-refractivity contribution in [2.45, 2.75) is 13.0 Å². The molecule has 0 saturated carbocycles. The summed E-state index contributed by atoms with van der Waals surface area (Å²) in [5.74, 6) is 0.767. The summed E-state index contributed by atoms with van der Waals surface area (Å²) in [6.45, 7) is 2.71. The quantitative estimate of drug-likeness (QED) is 0.577. The zero-order chi connectivity index (χ0) is 10.2. The van der Waals surface area contributed by atoms with Gasteiger partial charge < -0.3 is 4.74 Å². The average Bonchev–Trinajstić information content (AvgIpc) is 2.25. The lowest BCUT2D eigenvalue weighted by Gasteiger charge is -2.11. The molecule has 0 amide bonds. The second-order valence-corrected chi connectivity index (χ2v) is 3.41. The van der Waals surface area contributed by atoms with Crippen LogP contribution >= 0.6 is 12.6 Å². The first-order valence-electron chi connectivity index (χ1n) is 4.77. The van der Waals surface area contributed by atoms with Gasteiger partial charge in [-0.2, -0.15) is 12.6 Å². The number of rotatable bonds is 5. The van der Waals surface area contributed by atoms with Crippen molar-refractivity contribution in [1.29, 1.82) is 0 Å². The van der Waals surface area contributed by atoms with Gasteiger partial charge >= 0.3 is 0 Å². The molecule has 0 aliphatic rings. The Bertz CT molecular complexity index is 269. The number of thiol groups is 1. The monoisotopic (exact) mass is 208 g/mol. The fourth-order valence-electron chi connectivity index (χ4n) is 1.16. The Morgan fingerprint density at radius 3 is 2.64 bits per heavy atom. The van der Waals surface area contributed by atoms with Crippen LogP contribution in [-0.2, 0) is 4.74 Å². The molecular weight excluding hydrogens is 192 g/mol. The average molecular weight is 208 g/mol. The minimum absolute atomic E-state index is 0.153. The van der Waals surface area contributed by atoms with E-state index in [-0.39, 0.29) is 6.10 Å². The van der Waals surface area contributed by atoms with E-state index in [1.165, 1.54) is 5.56 Å². The van der Waals surface area contributed by atoms with Crippen molar-refractivity contribution in [1.82, 2.24) is 0 Å². The molecule has 0 saturated heterocycles. The molecule has 1 unspecified atom stereocenters. The van der Waals surface area contributed by atoms with Crippen LogP contribution in [-0.4, -0.2) is 12.4 Å². The van der Waals surface area contributed by atoms with Crippen LogP contribution in [0.4, 0.5) is 0 Å². The summed E-state index contributed by atoms with van der Waals surface area (Å²) in [5.41, 5.74) is 1.21. The predicted molar refractivity (Wildman–Crippen MR) is 63.8 cm³/mol. The molecule has 0 radical (unpaired) electrons. The first-order valence-corrected chi connectivity index (χ1v) is 5.40. The molecule has 14 heavy (non-hydrogen) atoms. The molecule has 1 rings (SSSR count). The highest BCUT2D eigenvalue weighted by Crippen LogP contribution is 2.15. The highest BCUT2D eigenvalue weighted by Gasteiger charge is 2.02. The number of ether oxygens (including phenoxy) is 1. The summed E-state index contributed by atoms with van der Waals surface area (Å²) in [4.78, 5) is 0. The molecule has 1 aromatic carbocycles. The van der Waals surface area contributed by atoms with E-state index in [0.29, 0.717) is 6.61 Å². The van der Waals surface area contributed by atoms with Gasteiger partial charge in [0.25, 0.3) is 0 Å². The van der Waals surface area contributed by atoms with Gasteiger partial charge in [0.05, 0.1) is 12.7 Å². The van der Waals surface area contributed by atoms with Crippen LogP contribution < -0.4 is 0 Å². The third kappa shape index (κ3) is 3.99. The maximum Gasteiger partial charge on any atom is 0.0801 e. The highest BCUT2D eigenvalue weighted by molar-refractivity contribution is 7.80. The molecule has 0 N–H and O–H groups in total. The summed E-state index contributed by atoms with van der Waals surface area (Å²) in [6.07, 6.45) is 4.13. The van der Waals surface area contributed by atoms with Gasteiger partial charge in [-0.3, -0.25) is 0 Å². The molecule has 0 aliphatic heterocycles. The van der Waals surface area contributed by atoms with E-state index in [1.54, 1.807) is 0 Å². The summed E-state index contributed by atoms with van der Waals surface area (Å²) >= 11 is 4.07. The Balaban J connectivity index is 2.36. The zero-order valence-corrected chi connectivity index (χ0v) is 9.28. The van der Waals surface area contributed by atoms with Gasteiger partial charge in [-0.25, -0.2) is 0 Å². The van der Waals surface area contributed by atoms with E-state index in [9.17, 15) is 0 Å². The molecule has 0 fully saturated rings. The summed E-state index contributed by atoms with van der Waals surface area (Å²) in [7, 11) is 0. The third-order valence-electron chi connectivity index (χ3n) is 1.98. The Kier molecular flexibility index (Phi) is 5.42. The molecular formula is C12H16OS. The third-order valence-corrected chi connectivity index (χ3v) is 2.19. The van der Waals surface area contributed by atoms with E-state index >= 15 is 0 Å². The predicted octanol–water partition coefficient (Wildman–Crippen LogP) is 3.25. The maximum atomic E-state index is 5.61. The molecule has 76 valence electrons. The van der Waals surface area contributed by atoms with Crippen molar-refractivity contribution in [3.8, 4) is 0 Å². The van der Waals surface area contributed by atoms with Gasteiger partial charge in [0.1, 0.15) is 0 Å². The molecule has 2 heteroatoms. The Morgan fingerprint density at radius 1 is 1.29 bits per heavy atom. The molecule has 1 aromatic rings. The van der Waals surface area contributed by atoms with Gasteiger partial charge in [-0.05, 0) is 12.5 Å². The fourth-order valence-corrected chi connectivity index (χ4v) is 1.31. The van der Waals surface area contributed by atoms with Crippen molar-refractivity contribution in [2.75, 3.05) is 12.4 Å². The van der Waals surface area contributed by atoms with Crippen LogP contribution in [0.2, 0.25) is 0 Å². The lowest BCUT2D eigenvalue weighted by Crippen LogP contribution is -1.99. The smallest absolute Gasteiger partial charge is 0.0801 e. The summed E-state index contributed by atoms with van der Waals surface area (Å²) in [6, 6.07) is 10.2. The zero-order valence-electron chi connectivity index (χ0n) is 8.39. The first kappa shape index (κ1) is 11.3. The first-order chi connectivity index (χ1) is 6.84. The van der Waals surface area contributed by atoms with Gasteiger partial charge in [0, 0.05) is 5.75 Å². The van der Waals surface area contributed by atoms with Crippen molar-refractivity contribution < 1.29 is 4.74 Å². The number of benzene rings is 1. The van der Waals surface area contributed by atoms with E-state index in [4.69, 9.17) is 4.74 Å². The van der Waals surface area contributed by atoms with E-state index in [2.05, 4.69) is 31.7 Å². The molecule has 0 aliphatic carbocycles. The van der Waals surface area contributed by atoms with Crippen LogP contribution in [0.15, 0.2) is 42.5 Å². The van der Waals surface area contributed by atoms with E-state index in [1.807, 2.05) is 30.4 Å². The van der Waals surface area contributed by atoms with Crippen molar-refractivity contribution in [2.24, 2.45) is 0 Å². The molecule has 1 atom stereocenters. The molecule has 0 spiro atoms. The van der Waals surface area contributed by atoms with Gasteiger partial charge in [0.15, 0.2) is 0 Å². The van der Waals surface area contributed by atoms with Crippen LogP contribution in [0.3, 0.4) is 0 Å². The highest BCUT2D eigenvalue weighted by atomic mass is 32.1. The Morgan fingerprint density at radius 2 is 2.00 bits per heavy atom. The Hall–Kier alpha value is -0.730. The molecule has 0 heterocycles. The van der Waals surface area contributed by atoms with Crippen LogP contribution in [0.25, 0.3) is 0 Å². The van der Waals surface area contributed by atoms with E-state index in [0.717, 1.165) is 5.75 Å². The Labute approximate surface area is 91.2 Å². The van der Waals surface area contributed by atoms with Crippen molar-refractivity contribution in [3.05, 3.63) is 48.0 Å². The normalized spacial score (nSPS) is 13.3. The van der Waals surface area contributed by atoms with Crippen LogP contribution in [0.5, 0.6) is 0 Å². The summed E-state index contributed by atoms with van der Waals surface area (Å²) in [5, 5.41) is 0. The standard InChI is InChI=1S/C12H16OS/c1-11(13-9-5-6-10-14)12-7-3-2-4-8-12/h2-8,11,14H,9-10H2,1H3. The molecule has 1 nitrogen and oxygen atoms in total. The SMILES string of the molecule is CC(OCC=CCS)c1ccccc1. The van der Waals surface area contributed by atoms with Gasteiger partial charge in [-0.15, -0.1) is 0 Å². The second kappa shape index (κ2) is 6.68. The number of hydrogen-bond donors (Lipinski definition) is 1. The number of hydrogen-bond acceptors (Lipinski definition) is 2. The van der Waals surface area contributed by atoms with Crippen molar-refractivity contribution in [3.63, 3.8) is 0 Å². The fraction of sp³-hybridized carbons (Fsp3) is 0.333. The molecule has 0 aromatic heterocycles. The maximum absolute atomic E-state index is 5.61. The minimum Gasteiger partial charge on any atom is -0.370 e. The van der Waals surface area contributed by atoms with Gasteiger partial charge in [-0.1, -0.05) is 42.5 Å². The minimum atomic E-state index is 0.153. The van der Waals surface area contributed by atoms with Gasteiger partial charge in [0.2, 0.25) is 0 Å². The topological polar surface area (TPSA) is 9.23 Å².